The number of amides is 1. The van der Waals surface area contributed by atoms with Crippen molar-refractivity contribution in [1.82, 2.24) is 9.80 Å². The van der Waals surface area contributed by atoms with Crippen molar-refractivity contribution < 1.29 is 9.53 Å². The van der Waals surface area contributed by atoms with Gasteiger partial charge in [0.05, 0.1) is 0 Å². The van der Waals surface area contributed by atoms with Crippen LogP contribution in [-0.2, 0) is 4.79 Å². The van der Waals surface area contributed by atoms with E-state index in [1.165, 1.54) is 11.8 Å². The zero-order valence-electron chi connectivity index (χ0n) is 14.6. The first-order valence-corrected chi connectivity index (χ1v) is 9.59. The predicted molar refractivity (Wildman–Crippen MR) is 104 cm³/mol. The Morgan fingerprint density at radius 2 is 1.85 bits per heavy atom. The van der Waals surface area contributed by atoms with Crippen LogP contribution in [-0.4, -0.2) is 59.9 Å². The Morgan fingerprint density at radius 1 is 1.15 bits per heavy atom. The van der Waals surface area contributed by atoms with Crippen molar-refractivity contribution in [2.45, 2.75) is 0 Å². The second-order valence-corrected chi connectivity index (χ2v) is 6.64. The molecule has 0 atom stereocenters. The number of nitriles is 1. The summed E-state index contributed by atoms with van der Waals surface area (Å²) < 4.78 is 5.69. The highest BCUT2D eigenvalue weighted by Crippen LogP contribution is 2.20. The number of ether oxygens (including phenoxy) is 1. The number of hydrogen-bond acceptors (Lipinski definition) is 5. The topological polar surface area (TPSA) is 68.9 Å². The fourth-order valence-electron chi connectivity index (χ4n) is 2.93. The van der Waals surface area contributed by atoms with Crippen molar-refractivity contribution >= 4 is 33.6 Å². The number of hydrogen-bond donors (Lipinski definition) is 0. The number of carbonyl (C=O) groups is 1. The van der Waals surface area contributed by atoms with E-state index < -0.39 is 0 Å². The summed E-state index contributed by atoms with van der Waals surface area (Å²) in [6.45, 7) is 2.57. The molecule has 1 amide bonds. The van der Waals surface area contributed by atoms with Gasteiger partial charge in [0.15, 0.2) is 11.8 Å². The molecule has 2 aromatic rings. The molecule has 3 rings (SSSR count). The Bertz CT molecular complexity index is 854. The van der Waals surface area contributed by atoms with Gasteiger partial charge in [-0.3, -0.25) is 4.79 Å². The third-order valence-corrected chi connectivity index (χ3v) is 5.03. The molecule has 1 saturated heterocycles. The molecule has 26 heavy (non-hydrogen) atoms. The fraction of sp³-hybridized carbons (Fsp3) is 0.316. The molecule has 0 radical (unpaired) electrons. The average molecular weight is 368 g/mol. The summed E-state index contributed by atoms with van der Waals surface area (Å²) in [5.41, 5.74) is 0. The van der Waals surface area contributed by atoms with Crippen LogP contribution in [0.2, 0.25) is 0 Å². The van der Waals surface area contributed by atoms with Crippen molar-refractivity contribution in [1.29, 1.82) is 5.26 Å². The van der Waals surface area contributed by atoms with E-state index in [0.717, 1.165) is 10.8 Å². The van der Waals surface area contributed by atoms with Crippen LogP contribution in [0.4, 0.5) is 0 Å². The van der Waals surface area contributed by atoms with Gasteiger partial charge < -0.3 is 14.5 Å². The molecule has 134 valence electrons. The van der Waals surface area contributed by atoms with E-state index in [1.807, 2.05) is 59.8 Å². The Balaban J connectivity index is 1.52. The van der Waals surface area contributed by atoms with Gasteiger partial charge in [-0.05, 0) is 29.2 Å². The first-order chi connectivity index (χ1) is 12.7. The van der Waals surface area contributed by atoms with E-state index in [0.29, 0.717) is 37.1 Å². The summed E-state index contributed by atoms with van der Waals surface area (Å²) >= 11 is 1.44. The summed E-state index contributed by atoms with van der Waals surface area (Å²) in [6, 6.07) is 13.9. The van der Waals surface area contributed by atoms with Crippen LogP contribution in [0, 0.1) is 11.5 Å². The van der Waals surface area contributed by atoms with Crippen LogP contribution < -0.4 is 4.74 Å². The number of carbonyl (C=O) groups excluding carboxylic acids is 1. The largest absolute Gasteiger partial charge is 0.484 e. The maximum Gasteiger partial charge on any atom is 0.260 e. The van der Waals surface area contributed by atoms with Crippen LogP contribution >= 0.6 is 11.8 Å². The number of rotatable bonds is 3. The van der Waals surface area contributed by atoms with Gasteiger partial charge >= 0.3 is 0 Å². The molecule has 1 heterocycles. The van der Waals surface area contributed by atoms with E-state index >= 15 is 0 Å². The summed E-state index contributed by atoms with van der Waals surface area (Å²) in [5, 5.41) is 11.7. The molecule has 0 bridgehead atoms. The highest BCUT2D eigenvalue weighted by molar-refractivity contribution is 8.13. The number of piperazine rings is 1. The Kier molecular flexibility index (Phi) is 5.97. The number of benzene rings is 2. The molecule has 0 spiro atoms. The summed E-state index contributed by atoms with van der Waals surface area (Å²) in [4.78, 5) is 20.0. The van der Waals surface area contributed by atoms with Crippen LogP contribution in [0.1, 0.15) is 0 Å². The molecule has 0 saturated carbocycles. The number of amidine groups is 1. The van der Waals surface area contributed by atoms with Gasteiger partial charge in [-0.15, -0.1) is 4.99 Å². The summed E-state index contributed by atoms with van der Waals surface area (Å²) in [7, 11) is 0. The fourth-order valence-corrected chi connectivity index (χ4v) is 3.50. The monoisotopic (exact) mass is 368 g/mol. The van der Waals surface area contributed by atoms with Gasteiger partial charge in [0.25, 0.3) is 5.91 Å². The first-order valence-electron chi connectivity index (χ1n) is 8.36. The van der Waals surface area contributed by atoms with E-state index in [-0.39, 0.29) is 12.5 Å². The minimum atomic E-state index is -0.0271. The quantitative estimate of drug-likeness (QED) is 0.473. The molecular formula is C19H20N4O2S. The van der Waals surface area contributed by atoms with Crippen LogP contribution in [0.5, 0.6) is 5.75 Å². The zero-order valence-corrected chi connectivity index (χ0v) is 15.4. The van der Waals surface area contributed by atoms with Crippen molar-refractivity contribution in [3.63, 3.8) is 0 Å². The maximum atomic E-state index is 12.4. The molecule has 0 aromatic heterocycles. The number of fused-ring (bicyclic) bond motifs is 1. The standard InChI is InChI=1S/C19H20N4O2S/c1-26-19(21-14-20)23-10-8-22(9-11-23)18(24)13-25-17-7-6-15-4-2-3-5-16(15)12-17/h2-7,12H,8-11,13H2,1H3. The van der Waals surface area contributed by atoms with E-state index in [4.69, 9.17) is 10.00 Å². The third kappa shape index (κ3) is 4.27. The van der Waals surface area contributed by atoms with Crippen molar-refractivity contribution in [2.75, 3.05) is 39.0 Å². The SMILES string of the molecule is CSC(=NC#N)N1CCN(C(=O)COc2ccc3ccccc3c2)CC1. The lowest BCUT2D eigenvalue weighted by Gasteiger charge is -2.35. The summed E-state index contributed by atoms with van der Waals surface area (Å²) in [6.07, 6.45) is 3.72. The highest BCUT2D eigenvalue weighted by atomic mass is 32.2. The first kappa shape index (κ1) is 18.1. The van der Waals surface area contributed by atoms with Gasteiger partial charge in [-0.2, -0.15) is 5.26 Å². The number of thioether (sulfide) groups is 1. The predicted octanol–water partition coefficient (Wildman–Crippen LogP) is 2.56. The molecular weight excluding hydrogens is 348 g/mol. The van der Waals surface area contributed by atoms with E-state index in [2.05, 4.69) is 4.99 Å². The van der Waals surface area contributed by atoms with Crippen LogP contribution in [0.3, 0.4) is 0 Å². The molecule has 7 heteroatoms. The molecule has 0 N–H and O–H groups in total. The van der Waals surface area contributed by atoms with Crippen molar-refractivity contribution in [2.24, 2.45) is 4.99 Å². The Morgan fingerprint density at radius 3 is 2.54 bits per heavy atom. The smallest absolute Gasteiger partial charge is 0.260 e. The average Bonchev–Trinajstić information content (AvgIpc) is 2.70. The normalized spacial score (nSPS) is 15.0. The van der Waals surface area contributed by atoms with E-state index in [1.54, 1.807) is 4.90 Å². The number of nitrogens with zero attached hydrogens (tertiary/aromatic N) is 4. The molecule has 1 fully saturated rings. The second-order valence-electron chi connectivity index (χ2n) is 5.86. The van der Waals surface area contributed by atoms with Gasteiger partial charge in [0, 0.05) is 26.2 Å². The molecule has 0 unspecified atom stereocenters. The second kappa shape index (κ2) is 8.59. The van der Waals surface area contributed by atoms with Crippen LogP contribution in [0.15, 0.2) is 47.5 Å². The summed E-state index contributed by atoms with van der Waals surface area (Å²) in [5.74, 6) is 0.669. The molecule has 6 nitrogen and oxygen atoms in total. The molecule has 2 aromatic carbocycles. The van der Waals surface area contributed by atoms with Gasteiger partial charge in [-0.1, -0.05) is 42.1 Å². The lowest BCUT2D eigenvalue weighted by Crippen LogP contribution is -2.51. The van der Waals surface area contributed by atoms with Crippen molar-refractivity contribution in [3.05, 3.63) is 42.5 Å². The van der Waals surface area contributed by atoms with Gasteiger partial charge in [0.2, 0.25) is 6.19 Å². The lowest BCUT2D eigenvalue weighted by atomic mass is 10.1. The Hall–Kier alpha value is -2.72. The van der Waals surface area contributed by atoms with E-state index in [9.17, 15) is 4.79 Å². The van der Waals surface area contributed by atoms with Gasteiger partial charge in [-0.25, -0.2) is 0 Å². The minimum absolute atomic E-state index is 0.0271. The zero-order chi connectivity index (χ0) is 18.4. The molecule has 1 aliphatic heterocycles. The molecule has 0 aliphatic carbocycles. The Labute approximate surface area is 157 Å². The minimum Gasteiger partial charge on any atom is -0.484 e. The lowest BCUT2D eigenvalue weighted by molar-refractivity contribution is -0.134. The van der Waals surface area contributed by atoms with Crippen LogP contribution in [0.25, 0.3) is 10.8 Å². The molecule has 1 aliphatic rings. The van der Waals surface area contributed by atoms with Gasteiger partial charge in [0.1, 0.15) is 5.75 Å². The van der Waals surface area contributed by atoms with Crippen molar-refractivity contribution in [3.8, 4) is 11.9 Å². The maximum absolute atomic E-state index is 12.4. The number of aliphatic imine (C=N–C) groups is 1. The highest BCUT2D eigenvalue weighted by Gasteiger charge is 2.23. The third-order valence-electron chi connectivity index (χ3n) is 4.31.